The average molecular weight is 328 g/mol. The van der Waals surface area contributed by atoms with Crippen LogP contribution in [0.25, 0.3) is 0 Å². The molecule has 7 heteroatoms. The number of carbonyl (C=O) groups excluding carboxylic acids is 1. The second kappa shape index (κ2) is 6.32. The van der Waals surface area contributed by atoms with Crippen molar-refractivity contribution in [2.75, 3.05) is 19.7 Å². The minimum Gasteiger partial charge on any atom is -0.368 e. The van der Waals surface area contributed by atoms with E-state index < -0.39 is 0 Å². The number of morpholine rings is 1. The number of fused-ring (bicyclic) bond motifs is 1. The van der Waals surface area contributed by atoms with Crippen molar-refractivity contribution in [3.63, 3.8) is 0 Å². The summed E-state index contributed by atoms with van der Waals surface area (Å²) >= 11 is 0. The third kappa shape index (κ3) is 2.80. The van der Waals surface area contributed by atoms with E-state index in [0.29, 0.717) is 31.2 Å². The minimum atomic E-state index is -0.230. The molecule has 1 amide bonds. The molecule has 1 aliphatic carbocycles. The minimum absolute atomic E-state index is 0.0685. The van der Waals surface area contributed by atoms with Gasteiger partial charge in [0.05, 0.1) is 18.8 Å². The number of aromatic nitrogens is 3. The van der Waals surface area contributed by atoms with Crippen LogP contribution in [0.1, 0.15) is 52.3 Å². The molecule has 24 heavy (non-hydrogen) atoms. The summed E-state index contributed by atoms with van der Waals surface area (Å²) in [6.45, 7) is 3.36. The lowest BCUT2D eigenvalue weighted by molar-refractivity contribution is -0.0251. The summed E-state index contributed by atoms with van der Waals surface area (Å²) in [5.41, 5.74) is 2.28. The van der Waals surface area contributed by atoms with Crippen molar-refractivity contribution >= 4 is 5.91 Å². The van der Waals surface area contributed by atoms with Gasteiger partial charge in [0.25, 0.3) is 5.91 Å². The number of nitrogens with zero attached hydrogens (tertiary/aromatic N) is 4. The normalized spacial score (nSPS) is 20.7. The van der Waals surface area contributed by atoms with Gasteiger partial charge in [-0.15, -0.1) is 0 Å². The Hall–Kier alpha value is -2.28. The van der Waals surface area contributed by atoms with Crippen LogP contribution in [-0.4, -0.2) is 45.6 Å². The van der Waals surface area contributed by atoms with Crippen molar-refractivity contribution in [1.29, 1.82) is 0 Å². The Kier molecular flexibility index (Phi) is 4.02. The molecule has 0 saturated carbocycles. The topological polar surface area (TPSA) is 81.4 Å². The predicted octanol–water partition coefficient (Wildman–Crippen LogP) is 1.87. The summed E-state index contributed by atoms with van der Waals surface area (Å²) in [4.78, 5) is 23.2. The lowest BCUT2D eigenvalue weighted by atomic mass is 9.96. The van der Waals surface area contributed by atoms with Crippen LogP contribution in [0.2, 0.25) is 0 Å². The van der Waals surface area contributed by atoms with Gasteiger partial charge in [-0.1, -0.05) is 5.16 Å². The fourth-order valence-electron chi connectivity index (χ4n) is 3.37. The van der Waals surface area contributed by atoms with Crippen LogP contribution in [-0.2, 0) is 17.6 Å². The summed E-state index contributed by atoms with van der Waals surface area (Å²) in [7, 11) is 0. The number of carbonyl (C=O) groups is 1. The molecule has 1 saturated heterocycles. The first-order valence-electron chi connectivity index (χ1n) is 8.40. The maximum atomic E-state index is 12.9. The molecule has 1 aliphatic heterocycles. The molecule has 126 valence electrons. The molecule has 4 rings (SSSR count). The van der Waals surface area contributed by atoms with Crippen molar-refractivity contribution in [1.82, 2.24) is 20.0 Å². The van der Waals surface area contributed by atoms with Gasteiger partial charge in [-0.3, -0.25) is 4.79 Å². The summed E-state index contributed by atoms with van der Waals surface area (Å²) in [6.07, 6.45) is 5.42. The molecule has 2 aromatic rings. The number of hydrogen-bond donors (Lipinski definition) is 0. The van der Waals surface area contributed by atoms with Gasteiger partial charge >= 0.3 is 0 Å². The van der Waals surface area contributed by atoms with Gasteiger partial charge in [0.1, 0.15) is 17.7 Å². The largest absolute Gasteiger partial charge is 0.368 e. The van der Waals surface area contributed by atoms with E-state index >= 15 is 0 Å². The molecule has 0 unspecified atom stereocenters. The first-order chi connectivity index (χ1) is 11.7. The van der Waals surface area contributed by atoms with E-state index in [1.54, 1.807) is 11.1 Å². The fraction of sp³-hybridized carbons (Fsp3) is 0.529. The van der Waals surface area contributed by atoms with Crippen molar-refractivity contribution < 1.29 is 14.1 Å². The van der Waals surface area contributed by atoms with Crippen LogP contribution in [0.15, 0.2) is 16.8 Å². The molecule has 2 aliphatic rings. The lowest BCUT2D eigenvalue weighted by Crippen LogP contribution is -2.43. The summed E-state index contributed by atoms with van der Waals surface area (Å²) in [6, 6.07) is 1.84. The van der Waals surface area contributed by atoms with Gasteiger partial charge in [-0.2, -0.15) is 0 Å². The number of ether oxygens (including phenoxy) is 1. The van der Waals surface area contributed by atoms with Crippen LogP contribution in [0.4, 0.5) is 0 Å². The van der Waals surface area contributed by atoms with Gasteiger partial charge in [0.2, 0.25) is 0 Å². The zero-order valence-electron chi connectivity index (χ0n) is 13.7. The van der Waals surface area contributed by atoms with Crippen LogP contribution >= 0.6 is 0 Å². The van der Waals surface area contributed by atoms with E-state index in [0.717, 1.165) is 42.7 Å². The van der Waals surface area contributed by atoms with E-state index in [1.165, 1.54) is 0 Å². The standard InChI is InChI=1S/C17H20N4O3/c1-11-18-7-6-13(19-11)15-10-21(8-9-23-15)17(22)16-12-4-2-3-5-14(12)24-20-16/h6-7,15H,2-5,8-10H2,1H3/t15-/m0/s1. The molecule has 0 radical (unpaired) electrons. The lowest BCUT2D eigenvalue weighted by Gasteiger charge is -2.32. The van der Waals surface area contributed by atoms with E-state index in [4.69, 9.17) is 9.26 Å². The maximum absolute atomic E-state index is 12.9. The Labute approximate surface area is 140 Å². The van der Waals surface area contributed by atoms with E-state index in [-0.39, 0.29) is 12.0 Å². The zero-order chi connectivity index (χ0) is 16.5. The molecule has 0 aromatic carbocycles. The highest BCUT2D eigenvalue weighted by atomic mass is 16.5. The SMILES string of the molecule is Cc1nccc([C@@H]2CN(C(=O)c3noc4c3CCCC4)CCO2)n1. The number of hydrogen-bond acceptors (Lipinski definition) is 6. The number of amides is 1. The van der Waals surface area contributed by atoms with Crippen molar-refractivity contribution in [2.24, 2.45) is 0 Å². The highest BCUT2D eigenvalue weighted by Crippen LogP contribution is 2.27. The van der Waals surface area contributed by atoms with Crippen molar-refractivity contribution in [2.45, 2.75) is 38.7 Å². The van der Waals surface area contributed by atoms with Crippen LogP contribution in [0.5, 0.6) is 0 Å². The second-order valence-corrected chi connectivity index (χ2v) is 6.28. The van der Waals surface area contributed by atoms with Crippen molar-refractivity contribution in [3.05, 3.63) is 40.8 Å². The van der Waals surface area contributed by atoms with Gasteiger partial charge in [-0.05, 0) is 32.3 Å². The molecule has 0 spiro atoms. The molecule has 0 bridgehead atoms. The van der Waals surface area contributed by atoms with Crippen molar-refractivity contribution in [3.8, 4) is 0 Å². The molecule has 1 fully saturated rings. The first kappa shape index (κ1) is 15.3. The monoisotopic (exact) mass is 328 g/mol. The smallest absolute Gasteiger partial charge is 0.276 e. The third-order valence-corrected chi connectivity index (χ3v) is 4.63. The Bertz CT molecular complexity index is 758. The number of rotatable bonds is 2. The molecule has 0 N–H and O–H groups in total. The molecule has 2 aromatic heterocycles. The fourth-order valence-corrected chi connectivity index (χ4v) is 3.37. The number of aryl methyl sites for hydroxylation is 2. The molecule has 3 heterocycles. The summed E-state index contributed by atoms with van der Waals surface area (Å²) in [5, 5.41) is 4.05. The van der Waals surface area contributed by atoms with Crippen LogP contribution in [0.3, 0.4) is 0 Å². The highest BCUT2D eigenvalue weighted by molar-refractivity contribution is 5.94. The zero-order valence-corrected chi connectivity index (χ0v) is 13.7. The molecule has 7 nitrogen and oxygen atoms in total. The Balaban J connectivity index is 1.54. The summed E-state index contributed by atoms with van der Waals surface area (Å²) < 4.78 is 11.2. The van der Waals surface area contributed by atoms with Gasteiger partial charge in [0, 0.05) is 24.7 Å². The third-order valence-electron chi connectivity index (χ3n) is 4.63. The predicted molar refractivity (Wildman–Crippen MR) is 84.5 cm³/mol. The van der Waals surface area contributed by atoms with Gasteiger partial charge in [-0.25, -0.2) is 9.97 Å². The van der Waals surface area contributed by atoms with Gasteiger partial charge in [0.15, 0.2) is 5.69 Å². The highest BCUT2D eigenvalue weighted by Gasteiger charge is 2.31. The van der Waals surface area contributed by atoms with Crippen LogP contribution in [0, 0.1) is 6.92 Å². The second-order valence-electron chi connectivity index (χ2n) is 6.28. The van der Waals surface area contributed by atoms with E-state index in [9.17, 15) is 4.79 Å². The molecular formula is C17H20N4O3. The maximum Gasteiger partial charge on any atom is 0.276 e. The first-order valence-corrected chi connectivity index (χ1v) is 8.40. The average Bonchev–Trinajstić information content (AvgIpc) is 3.05. The van der Waals surface area contributed by atoms with Gasteiger partial charge < -0.3 is 14.2 Å². The van der Waals surface area contributed by atoms with Crippen LogP contribution < -0.4 is 0 Å². The quantitative estimate of drug-likeness (QED) is 0.837. The summed E-state index contributed by atoms with van der Waals surface area (Å²) in [5.74, 6) is 1.51. The Morgan fingerprint density at radius 3 is 3.08 bits per heavy atom. The van der Waals surface area contributed by atoms with E-state index in [1.807, 2.05) is 13.0 Å². The molecule has 1 atom stereocenters. The molecular weight excluding hydrogens is 308 g/mol. The Morgan fingerprint density at radius 2 is 2.21 bits per heavy atom. The Morgan fingerprint density at radius 1 is 1.33 bits per heavy atom. The van der Waals surface area contributed by atoms with E-state index in [2.05, 4.69) is 15.1 Å².